The number of carbonyl (C=O) groups excluding carboxylic acids is 1. The first-order valence-electron chi connectivity index (χ1n) is 4.78. The Morgan fingerprint density at radius 3 is 3.08 bits per heavy atom. The van der Waals surface area contributed by atoms with E-state index in [9.17, 15) is 4.79 Å². The van der Waals surface area contributed by atoms with Gasteiger partial charge in [0, 0.05) is 31.5 Å². The van der Waals surface area contributed by atoms with Crippen LogP contribution in [0.1, 0.15) is 19.8 Å². The number of rotatable bonds is 4. The van der Waals surface area contributed by atoms with Crippen molar-refractivity contribution in [2.24, 2.45) is 11.7 Å². The first-order valence-corrected chi connectivity index (χ1v) is 4.78. The summed E-state index contributed by atoms with van der Waals surface area (Å²) in [5, 5.41) is 2.86. The molecule has 0 saturated carbocycles. The Balaban J connectivity index is 2.07. The molecule has 1 fully saturated rings. The Kier molecular flexibility index (Phi) is 4.18. The third kappa shape index (κ3) is 4.24. The predicted molar refractivity (Wildman–Crippen MR) is 50.2 cm³/mol. The highest BCUT2D eigenvalue weighted by molar-refractivity contribution is 5.76. The van der Waals surface area contributed by atoms with Crippen molar-refractivity contribution in [3.05, 3.63) is 0 Å². The molecule has 0 radical (unpaired) electrons. The molecule has 3 N–H and O–H groups in total. The van der Waals surface area contributed by atoms with Crippen molar-refractivity contribution in [3.8, 4) is 0 Å². The lowest BCUT2D eigenvalue weighted by Crippen LogP contribution is -2.33. The van der Waals surface area contributed by atoms with Crippen molar-refractivity contribution in [1.29, 1.82) is 0 Å². The van der Waals surface area contributed by atoms with E-state index in [4.69, 9.17) is 10.5 Å². The smallest absolute Gasteiger partial charge is 0.221 e. The highest BCUT2D eigenvalue weighted by Gasteiger charge is 2.16. The molecule has 0 spiro atoms. The summed E-state index contributed by atoms with van der Waals surface area (Å²) in [6, 6.07) is -0.0557. The van der Waals surface area contributed by atoms with Crippen molar-refractivity contribution in [2.75, 3.05) is 19.8 Å². The lowest BCUT2D eigenvalue weighted by molar-refractivity contribution is -0.121. The highest BCUT2D eigenvalue weighted by atomic mass is 16.5. The fraction of sp³-hybridized carbons (Fsp3) is 0.889. The summed E-state index contributed by atoms with van der Waals surface area (Å²) in [6.07, 6.45) is 1.46. The van der Waals surface area contributed by atoms with Crippen molar-refractivity contribution < 1.29 is 9.53 Å². The van der Waals surface area contributed by atoms with E-state index in [1.54, 1.807) is 0 Å². The van der Waals surface area contributed by atoms with Gasteiger partial charge in [-0.05, 0) is 13.3 Å². The minimum Gasteiger partial charge on any atom is -0.381 e. The predicted octanol–water partition coefficient (Wildman–Crippen LogP) is -0.124. The molecule has 0 aromatic heterocycles. The van der Waals surface area contributed by atoms with Gasteiger partial charge < -0.3 is 15.8 Å². The summed E-state index contributed by atoms with van der Waals surface area (Å²) in [5.41, 5.74) is 5.49. The topological polar surface area (TPSA) is 64.4 Å². The molecule has 1 aliphatic heterocycles. The molecule has 1 rings (SSSR count). The van der Waals surface area contributed by atoms with Crippen LogP contribution in [0.25, 0.3) is 0 Å². The SMILES string of the molecule is CC(N)CC(=O)NCC1CCOC1. The summed E-state index contributed by atoms with van der Waals surface area (Å²) >= 11 is 0. The maximum absolute atomic E-state index is 11.2. The van der Waals surface area contributed by atoms with Crippen molar-refractivity contribution in [1.82, 2.24) is 5.32 Å². The number of nitrogens with one attached hydrogen (secondary N) is 1. The van der Waals surface area contributed by atoms with Gasteiger partial charge in [-0.15, -0.1) is 0 Å². The van der Waals surface area contributed by atoms with E-state index in [0.29, 0.717) is 12.3 Å². The Morgan fingerprint density at radius 2 is 2.54 bits per heavy atom. The Bertz CT molecular complexity index is 165. The van der Waals surface area contributed by atoms with E-state index in [2.05, 4.69) is 5.32 Å². The largest absolute Gasteiger partial charge is 0.381 e. The van der Waals surface area contributed by atoms with Crippen molar-refractivity contribution in [2.45, 2.75) is 25.8 Å². The molecule has 0 aromatic rings. The second kappa shape index (κ2) is 5.19. The van der Waals surface area contributed by atoms with Crippen LogP contribution < -0.4 is 11.1 Å². The number of ether oxygens (including phenoxy) is 1. The summed E-state index contributed by atoms with van der Waals surface area (Å²) < 4.78 is 5.19. The van der Waals surface area contributed by atoms with Gasteiger partial charge >= 0.3 is 0 Å². The van der Waals surface area contributed by atoms with E-state index < -0.39 is 0 Å². The molecular formula is C9H18N2O2. The number of hydrogen-bond donors (Lipinski definition) is 2. The van der Waals surface area contributed by atoms with Gasteiger partial charge in [0.05, 0.1) is 6.61 Å². The molecule has 76 valence electrons. The van der Waals surface area contributed by atoms with Crippen LogP contribution in [0.15, 0.2) is 0 Å². The quantitative estimate of drug-likeness (QED) is 0.643. The van der Waals surface area contributed by atoms with Gasteiger partial charge in [0.2, 0.25) is 5.91 Å². The normalized spacial score (nSPS) is 24.3. The average Bonchev–Trinajstić information content (AvgIpc) is 2.51. The second-order valence-corrected chi connectivity index (χ2v) is 3.72. The lowest BCUT2D eigenvalue weighted by Gasteiger charge is -2.10. The first kappa shape index (κ1) is 10.5. The van der Waals surface area contributed by atoms with E-state index in [1.165, 1.54) is 0 Å². The van der Waals surface area contributed by atoms with Crippen LogP contribution in [0.2, 0.25) is 0 Å². The maximum Gasteiger partial charge on any atom is 0.221 e. The van der Waals surface area contributed by atoms with Gasteiger partial charge in [0.1, 0.15) is 0 Å². The molecule has 1 amide bonds. The summed E-state index contributed by atoms with van der Waals surface area (Å²) in [7, 11) is 0. The molecule has 2 unspecified atom stereocenters. The van der Waals surface area contributed by atoms with E-state index >= 15 is 0 Å². The average molecular weight is 186 g/mol. The Morgan fingerprint density at radius 1 is 1.77 bits per heavy atom. The van der Waals surface area contributed by atoms with Crippen LogP contribution in [0.4, 0.5) is 0 Å². The summed E-state index contributed by atoms with van der Waals surface area (Å²) in [6.45, 7) is 4.16. The fourth-order valence-electron chi connectivity index (χ4n) is 1.37. The molecule has 1 saturated heterocycles. The zero-order valence-electron chi connectivity index (χ0n) is 8.08. The van der Waals surface area contributed by atoms with Gasteiger partial charge in [-0.1, -0.05) is 0 Å². The third-order valence-corrected chi connectivity index (χ3v) is 2.12. The summed E-state index contributed by atoms with van der Waals surface area (Å²) in [5.74, 6) is 0.541. The van der Waals surface area contributed by atoms with Gasteiger partial charge in [-0.25, -0.2) is 0 Å². The van der Waals surface area contributed by atoms with E-state index in [1.807, 2.05) is 6.92 Å². The molecule has 0 bridgehead atoms. The molecule has 1 aliphatic rings. The molecule has 13 heavy (non-hydrogen) atoms. The molecule has 0 aromatic carbocycles. The molecule has 4 heteroatoms. The third-order valence-electron chi connectivity index (χ3n) is 2.12. The lowest BCUT2D eigenvalue weighted by atomic mass is 10.1. The second-order valence-electron chi connectivity index (χ2n) is 3.72. The molecule has 2 atom stereocenters. The molecular weight excluding hydrogens is 168 g/mol. The number of carbonyl (C=O) groups is 1. The van der Waals surface area contributed by atoms with Crippen LogP contribution in [0.5, 0.6) is 0 Å². The van der Waals surface area contributed by atoms with Gasteiger partial charge in [0.15, 0.2) is 0 Å². The number of nitrogens with two attached hydrogens (primary N) is 1. The van der Waals surface area contributed by atoms with Gasteiger partial charge in [-0.3, -0.25) is 4.79 Å². The zero-order valence-corrected chi connectivity index (χ0v) is 8.08. The number of amides is 1. The van der Waals surface area contributed by atoms with E-state index in [0.717, 1.165) is 26.2 Å². The molecule has 4 nitrogen and oxygen atoms in total. The Hall–Kier alpha value is -0.610. The van der Waals surface area contributed by atoms with Crippen molar-refractivity contribution >= 4 is 5.91 Å². The van der Waals surface area contributed by atoms with Crippen LogP contribution in [-0.2, 0) is 9.53 Å². The van der Waals surface area contributed by atoms with Crippen LogP contribution in [0.3, 0.4) is 0 Å². The number of hydrogen-bond acceptors (Lipinski definition) is 3. The first-order chi connectivity index (χ1) is 6.18. The molecule has 0 aliphatic carbocycles. The minimum absolute atomic E-state index is 0.0434. The fourth-order valence-corrected chi connectivity index (χ4v) is 1.37. The monoisotopic (exact) mass is 186 g/mol. The van der Waals surface area contributed by atoms with Gasteiger partial charge in [-0.2, -0.15) is 0 Å². The minimum atomic E-state index is -0.0557. The van der Waals surface area contributed by atoms with E-state index in [-0.39, 0.29) is 11.9 Å². The Labute approximate surface area is 78.8 Å². The van der Waals surface area contributed by atoms with Crippen LogP contribution >= 0.6 is 0 Å². The van der Waals surface area contributed by atoms with Crippen LogP contribution in [-0.4, -0.2) is 31.7 Å². The zero-order chi connectivity index (χ0) is 9.68. The highest BCUT2D eigenvalue weighted by Crippen LogP contribution is 2.10. The van der Waals surface area contributed by atoms with Crippen molar-refractivity contribution in [3.63, 3.8) is 0 Å². The molecule has 1 heterocycles. The van der Waals surface area contributed by atoms with Gasteiger partial charge in [0.25, 0.3) is 0 Å². The maximum atomic E-state index is 11.2. The van der Waals surface area contributed by atoms with Crippen LogP contribution in [0, 0.1) is 5.92 Å². The summed E-state index contributed by atoms with van der Waals surface area (Å²) in [4.78, 5) is 11.2. The standard InChI is InChI=1S/C9H18N2O2/c1-7(10)4-9(12)11-5-8-2-3-13-6-8/h7-8H,2-6,10H2,1H3,(H,11,12).